The van der Waals surface area contributed by atoms with Gasteiger partial charge in [0.2, 0.25) is 0 Å². The molecule has 27 heavy (non-hydrogen) atoms. The van der Waals surface area contributed by atoms with Crippen LogP contribution in [0.5, 0.6) is 0 Å². The van der Waals surface area contributed by atoms with Crippen LogP contribution in [0.1, 0.15) is 48.6 Å². The second kappa shape index (κ2) is 8.25. The molecule has 4 heterocycles. The number of anilines is 2. The van der Waals surface area contributed by atoms with E-state index >= 15 is 0 Å². The van der Waals surface area contributed by atoms with Crippen molar-refractivity contribution in [2.75, 3.05) is 31.5 Å². The van der Waals surface area contributed by atoms with Crippen molar-refractivity contribution in [2.45, 2.75) is 44.9 Å². The fourth-order valence-corrected chi connectivity index (χ4v) is 4.59. The van der Waals surface area contributed by atoms with Gasteiger partial charge in [-0.1, -0.05) is 6.07 Å². The van der Waals surface area contributed by atoms with E-state index < -0.39 is 0 Å². The van der Waals surface area contributed by atoms with Gasteiger partial charge in [-0.05, 0) is 51.2 Å². The Bertz CT molecular complexity index is 778. The van der Waals surface area contributed by atoms with Crippen LogP contribution < -0.4 is 5.32 Å². The number of hydrogen-bond acceptors (Lipinski definition) is 5. The number of carbonyl (C=O) groups is 1. The van der Waals surface area contributed by atoms with Crippen LogP contribution in [-0.4, -0.2) is 52.0 Å². The zero-order valence-corrected chi connectivity index (χ0v) is 16.7. The summed E-state index contributed by atoms with van der Waals surface area (Å²) in [5.74, 6) is 1.25. The van der Waals surface area contributed by atoms with E-state index in [0.29, 0.717) is 5.92 Å². The number of thiazole rings is 1. The summed E-state index contributed by atoms with van der Waals surface area (Å²) >= 11 is 1.63. The number of likely N-dealkylation sites (tertiary alicyclic amines) is 2. The van der Waals surface area contributed by atoms with E-state index in [9.17, 15) is 4.79 Å². The Morgan fingerprint density at radius 2 is 1.85 bits per heavy atom. The first-order valence-corrected chi connectivity index (χ1v) is 10.7. The number of pyridine rings is 1. The maximum atomic E-state index is 12.7. The minimum atomic E-state index is 0.232. The summed E-state index contributed by atoms with van der Waals surface area (Å²) in [5, 5.41) is 4.17. The van der Waals surface area contributed by atoms with Crippen molar-refractivity contribution < 1.29 is 4.79 Å². The lowest BCUT2D eigenvalue weighted by molar-refractivity contribution is 0.131. The van der Waals surface area contributed by atoms with Crippen LogP contribution in [0.4, 0.5) is 15.7 Å². The predicted molar refractivity (Wildman–Crippen MR) is 109 cm³/mol. The largest absolute Gasteiger partial charge is 0.325 e. The maximum absolute atomic E-state index is 12.7. The highest BCUT2D eigenvalue weighted by Crippen LogP contribution is 2.29. The second-order valence-corrected chi connectivity index (χ2v) is 8.68. The highest BCUT2D eigenvalue weighted by atomic mass is 32.1. The van der Waals surface area contributed by atoms with Crippen molar-refractivity contribution in [1.82, 2.24) is 19.8 Å². The Kier molecular flexibility index (Phi) is 5.57. The van der Waals surface area contributed by atoms with Gasteiger partial charge in [0.15, 0.2) is 5.13 Å². The summed E-state index contributed by atoms with van der Waals surface area (Å²) in [7, 11) is 0. The first-order chi connectivity index (χ1) is 13.2. The number of aromatic nitrogens is 2. The molecule has 2 aromatic rings. The summed E-state index contributed by atoms with van der Waals surface area (Å²) in [6, 6.07) is 6.37. The zero-order chi connectivity index (χ0) is 18.6. The van der Waals surface area contributed by atoms with Gasteiger partial charge >= 0.3 is 6.03 Å². The van der Waals surface area contributed by atoms with Gasteiger partial charge in [-0.2, -0.15) is 0 Å². The molecule has 0 radical (unpaired) electrons. The van der Waals surface area contributed by atoms with Gasteiger partial charge in [0, 0.05) is 48.9 Å². The normalized spacial score (nSPS) is 18.6. The van der Waals surface area contributed by atoms with Crippen LogP contribution in [-0.2, 0) is 0 Å². The molecule has 6 nitrogen and oxygen atoms in total. The molecule has 2 aromatic heterocycles. The monoisotopic (exact) mass is 385 g/mol. The molecule has 0 aliphatic carbocycles. The summed E-state index contributed by atoms with van der Waals surface area (Å²) in [6.07, 6.45) is 7.36. The molecule has 0 spiro atoms. The number of amides is 2. The molecular weight excluding hydrogens is 358 g/mol. The Hall–Kier alpha value is -2.15. The van der Waals surface area contributed by atoms with Crippen molar-refractivity contribution in [3.05, 3.63) is 35.0 Å². The zero-order valence-electron chi connectivity index (χ0n) is 15.9. The van der Waals surface area contributed by atoms with Crippen LogP contribution >= 0.6 is 11.3 Å². The van der Waals surface area contributed by atoms with Crippen molar-refractivity contribution >= 4 is 28.3 Å². The molecule has 144 valence electrons. The third-order valence-electron chi connectivity index (χ3n) is 5.44. The Morgan fingerprint density at radius 1 is 1.11 bits per heavy atom. The third-order valence-corrected chi connectivity index (χ3v) is 6.27. The molecule has 0 aromatic carbocycles. The van der Waals surface area contributed by atoms with E-state index in [-0.39, 0.29) is 6.03 Å². The second-order valence-electron chi connectivity index (χ2n) is 7.44. The van der Waals surface area contributed by atoms with Crippen molar-refractivity contribution in [3.8, 4) is 0 Å². The quantitative estimate of drug-likeness (QED) is 0.852. The molecular formula is C20H27N5OS. The minimum Gasteiger partial charge on any atom is -0.325 e. The van der Waals surface area contributed by atoms with E-state index in [2.05, 4.69) is 22.4 Å². The van der Waals surface area contributed by atoms with Gasteiger partial charge in [-0.25, -0.2) is 14.8 Å². The van der Waals surface area contributed by atoms with Gasteiger partial charge in [-0.15, -0.1) is 11.3 Å². The predicted octanol–water partition coefficient (Wildman–Crippen LogP) is 4.38. The summed E-state index contributed by atoms with van der Waals surface area (Å²) < 4.78 is 0. The smallest absolute Gasteiger partial charge is 0.319 e. The summed E-state index contributed by atoms with van der Waals surface area (Å²) in [6.45, 7) is 5.54. The fourth-order valence-electron chi connectivity index (χ4n) is 3.92. The first kappa shape index (κ1) is 18.2. The molecule has 2 aliphatic heterocycles. The van der Waals surface area contributed by atoms with E-state index in [1.807, 2.05) is 29.0 Å². The molecule has 0 unspecified atom stereocenters. The lowest BCUT2D eigenvalue weighted by Gasteiger charge is -2.37. The molecule has 2 saturated heterocycles. The van der Waals surface area contributed by atoms with Gasteiger partial charge in [0.05, 0.1) is 0 Å². The van der Waals surface area contributed by atoms with Gasteiger partial charge in [0.1, 0.15) is 5.82 Å². The van der Waals surface area contributed by atoms with E-state index in [1.54, 1.807) is 11.3 Å². The van der Waals surface area contributed by atoms with Gasteiger partial charge < -0.3 is 15.1 Å². The molecule has 2 amide bonds. The maximum Gasteiger partial charge on any atom is 0.319 e. The third kappa shape index (κ3) is 4.40. The van der Waals surface area contributed by atoms with E-state index in [0.717, 1.165) is 68.5 Å². The average Bonchev–Trinajstić information content (AvgIpc) is 3.13. The van der Waals surface area contributed by atoms with Gasteiger partial charge in [-0.3, -0.25) is 0 Å². The molecule has 4 rings (SSSR count). The highest BCUT2D eigenvalue weighted by molar-refractivity contribution is 7.15. The number of piperidine rings is 2. The topological polar surface area (TPSA) is 61.4 Å². The summed E-state index contributed by atoms with van der Waals surface area (Å²) in [4.78, 5) is 27.1. The van der Waals surface area contributed by atoms with Crippen LogP contribution in [0.15, 0.2) is 24.4 Å². The Balaban J connectivity index is 1.35. The molecule has 0 bridgehead atoms. The molecule has 2 aliphatic rings. The van der Waals surface area contributed by atoms with Crippen molar-refractivity contribution in [2.24, 2.45) is 0 Å². The minimum absolute atomic E-state index is 0.232. The number of urea groups is 1. The van der Waals surface area contributed by atoms with E-state index in [1.165, 1.54) is 11.3 Å². The first-order valence-electron chi connectivity index (χ1n) is 9.89. The van der Waals surface area contributed by atoms with Crippen LogP contribution in [0.3, 0.4) is 0 Å². The van der Waals surface area contributed by atoms with Gasteiger partial charge in [0.25, 0.3) is 0 Å². The number of nitrogens with one attached hydrogen (secondary N) is 1. The van der Waals surface area contributed by atoms with Crippen LogP contribution in [0, 0.1) is 6.92 Å². The van der Waals surface area contributed by atoms with Crippen LogP contribution in [0.25, 0.3) is 0 Å². The lowest BCUT2D eigenvalue weighted by Crippen LogP contribution is -2.48. The molecule has 0 atom stereocenters. The highest BCUT2D eigenvalue weighted by Gasteiger charge is 2.28. The Labute approximate surface area is 164 Å². The standard InChI is InChI=1S/C20H27N5OS/c1-15-14-21-19(27-15)23-18-7-5-6-17(22-18)16-8-12-25(13-9-16)20(26)24-10-3-2-4-11-24/h5-7,14,16H,2-4,8-13H2,1H3,(H,21,22,23). The Morgan fingerprint density at radius 3 is 2.56 bits per heavy atom. The number of hydrogen-bond donors (Lipinski definition) is 1. The van der Waals surface area contributed by atoms with Crippen LogP contribution in [0.2, 0.25) is 0 Å². The molecule has 0 saturated carbocycles. The SMILES string of the molecule is Cc1cnc(Nc2cccc(C3CCN(C(=O)N4CCCCC4)CC3)n2)s1. The number of carbonyl (C=O) groups excluding carboxylic acids is 1. The number of rotatable bonds is 3. The number of aryl methyl sites for hydroxylation is 1. The van der Waals surface area contributed by atoms with Crippen molar-refractivity contribution in [3.63, 3.8) is 0 Å². The molecule has 2 fully saturated rings. The van der Waals surface area contributed by atoms with Crippen molar-refractivity contribution in [1.29, 1.82) is 0 Å². The number of nitrogens with zero attached hydrogens (tertiary/aromatic N) is 4. The lowest BCUT2D eigenvalue weighted by atomic mass is 9.93. The summed E-state index contributed by atoms with van der Waals surface area (Å²) in [5.41, 5.74) is 1.11. The fraction of sp³-hybridized carbons (Fsp3) is 0.550. The van der Waals surface area contributed by atoms with E-state index in [4.69, 9.17) is 4.98 Å². The molecule has 1 N–H and O–H groups in total. The molecule has 7 heteroatoms. The average molecular weight is 386 g/mol.